The van der Waals surface area contributed by atoms with Crippen molar-refractivity contribution in [3.63, 3.8) is 0 Å². The van der Waals surface area contributed by atoms with Gasteiger partial charge in [0.1, 0.15) is 22.7 Å². The van der Waals surface area contributed by atoms with Crippen LogP contribution in [-0.4, -0.2) is 29.0 Å². The van der Waals surface area contributed by atoms with Crippen molar-refractivity contribution in [3.05, 3.63) is 54.5 Å². The summed E-state index contributed by atoms with van der Waals surface area (Å²) in [6.07, 6.45) is 1.56. The fourth-order valence-corrected chi connectivity index (χ4v) is 3.88. The number of para-hydroxylation sites is 1. The van der Waals surface area contributed by atoms with Gasteiger partial charge in [-0.2, -0.15) is 0 Å². The fraction of sp³-hybridized carbons (Fsp3) is 0.136. The third kappa shape index (κ3) is 3.64. The molecule has 5 rings (SSSR count). The van der Waals surface area contributed by atoms with E-state index in [9.17, 15) is 4.79 Å². The Kier molecular flexibility index (Phi) is 4.87. The predicted molar refractivity (Wildman–Crippen MR) is 116 cm³/mol. The molecule has 3 heterocycles. The largest absolute Gasteiger partial charge is 0.495 e. The van der Waals surface area contributed by atoms with Crippen molar-refractivity contribution in [1.29, 1.82) is 0 Å². The number of ether oxygens (including phenoxy) is 1. The second-order valence-electron chi connectivity index (χ2n) is 6.75. The van der Waals surface area contributed by atoms with E-state index in [1.165, 1.54) is 0 Å². The minimum absolute atomic E-state index is 0.0906. The Morgan fingerprint density at radius 2 is 1.97 bits per heavy atom. The molecule has 0 aliphatic carbocycles. The summed E-state index contributed by atoms with van der Waals surface area (Å²) >= 11 is 1.15. The lowest BCUT2D eigenvalue weighted by atomic mass is 10.1. The molecule has 156 valence electrons. The minimum Gasteiger partial charge on any atom is -0.495 e. The van der Waals surface area contributed by atoms with Gasteiger partial charge in [0.2, 0.25) is 5.91 Å². The van der Waals surface area contributed by atoms with Gasteiger partial charge in [-0.3, -0.25) is 4.79 Å². The second-order valence-corrected chi connectivity index (χ2v) is 7.67. The van der Waals surface area contributed by atoms with E-state index in [-0.39, 0.29) is 11.7 Å². The standard InChI is InChI=1S/C22H17N3O5S/c1-12-13(7-8-28-12)21-24-25-22(30-21)31-11-20(26)23-16-10-18-15(9-19(16)27-2)14-5-3-4-6-17(14)29-18/h3-10H,11H2,1-2H3,(H,23,26). The molecule has 0 spiro atoms. The summed E-state index contributed by atoms with van der Waals surface area (Å²) in [5.41, 5.74) is 2.70. The summed E-state index contributed by atoms with van der Waals surface area (Å²) in [7, 11) is 1.56. The first kappa shape index (κ1) is 19.3. The lowest BCUT2D eigenvalue weighted by Gasteiger charge is -2.09. The molecule has 2 aromatic carbocycles. The molecular formula is C22H17N3O5S. The maximum absolute atomic E-state index is 12.5. The number of carbonyl (C=O) groups excluding carboxylic acids is 1. The van der Waals surface area contributed by atoms with Crippen LogP contribution in [0.5, 0.6) is 5.75 Å². The van der Waals surface area contributed by atoms with Crippen LogP contribution in [0.25, 0.3) is 33.4 Å². The number of nitrogens with zero attached hydrogens (tertiary/aromatic N) is 2. The number of aryl methyl sites for hydroxylation is 1. The van der Waals surface area contributed by atoms with Crippen molar-refractivity contribution < 1.29 is 22.8 Å². The highest BCUT2D eigenvalue weighted by Crippen LogP contribution is 2.36. The Bertz CT molecular complexity index is 1400. The highest BCUT2D eigenvalue weighted by atomic mass is 32.2. The average molecular weight is 435 g/mol. The Morgan fingerprint density at radius 3 is 2.77 bits per heavy atom. The number of anilines is 1. The van der Waals surface area contributed by atoms with Gasteiger partial charge < -0.3 is 23.3 Å². The Balaban J connectivity index is 1.31. The molecule has 1 N–H and O–H groups in total. The number of fused-ring (bicyclic) bond motifs is 3. The van der Waals surface area contributed by atoms with Crippen LogP contribution in [0, 0.1) is 6.92 Å². The summed E-state index contributed by atoms with van der Waals surface area (Å²) in [5, 5.41) is 13.1. The van der Waals surface area contributed by atoms with Gasteiger partial charge in [0.05, 0.1) is 30.4 Å². The zero-order valence-corrected chi connectivity index (χ0v) is 17.5. The monoisotopic (exact) mass is 435 g/mol. The number of rotatable bonds is 6. The van der Waals surface area contributed by atoms with E-state index < -0.39 is 0 Å². The van der Waals surface area contributed by atoms with Gasteiger partial charge in [-0.25, -0.2) is 0 Å². The SMILES string of the molecule is COc1cc2c(cc1NC(=O)CSc1nnc(-c3ccoc3C)o1)oc1ccccc12. The van der Waals surface area contributed by atoms with Crippen LogP contribution in [0.15, 0.2) is 67.2 Å². The molecule has 9 heteroatoms. The normalized spacial score (nSPS) is 11.3. The molecule has 31 heavy (non-hydrogen) atoms. The summed E-state index contributed by atoms with van der Waals surface area (Å²) in [6, 6.07) is 13.1. The number of thioether (sulfide) groups is 1. The van der Waals surface area contributed by atoms with Crippen LogP contribution < -0.4 is 10.1 Å². The number of benzene rings is 2. The maximum Gasteiger partial charge on any atom is 0.277 e. The van der Waals surface area contributed by atoms with Gasteiger partial charge in [-0.15, -0.1) is 10.2 Å². The summed E-state index contributed by atoms with van der Waals surface area (Å²) in [5.74, 6) is 1.44. The Labute approximate surface area is 180 Å². The van der Waals surface area contributed by atoms with Crippen molar-refractivity contribution in [2.24, 2.45) is 0 Å². The quantitative estimate of drug-likeness (QED) is 0.360. The van der Waals surface area contributed by atoms with Gasteiger partial charge in [0.15, 0.2) is 0 Å². The number of furan rings is 2. The first-order valence-electron chi connectivity index (χ1n) is 9.42. The summed E-state index contributed by atoms with van der Waals surface area (Å²) in [4.78, 5) is 12.5. The van der Waals surface area contributed by atoms with Crippen molar-refractivity contribution in [2.75, 3.05) is 18.2 Å². The van der Waals surface area contributed by atoms with E-state index in [1.54, 1.807) is 25.5 Å². The number of amides is 1. The number of aromatic nitrogens is 2. The van der Waals surface area contributed by atoms with Gasteiger partial charge in [0.25, 0.3) is 11.1 Å². The summed E-state index contributed by atoms with van der Waals surface area (Å²) in [6.45, 7) is 1.81. The molecule has 0 bridgehead atoms. The first-order valence-corrected chi connectivity index (χ1v) is 10.4. The number of nitrogens with one attached hydrogen (secondary N) is 1. The van der Waals surface area contributed by atoms with Crippen LogP contribution in [0.3, 0.4) is 0 Å². The van der Waals surface area contributed by atoms with Crippen molar-refractivity contribution in [1.82, 2.24) is 10.2 Å². The molecular weight excluding hydrogens is 418 g/mol. The fourth-order valence-electron chi connectivity index (χ4n) is 3.32. The lowest BCUT2D eigenvalue weighted by molar-refractivity contribution is -0.113. The van der Waals surface area contributed by atoms with Gasteiger partial charge in [0, 0.05) is 16.8 Å². The molecule has 0 saturated carbocycles. The van der Waals surface area contributed by atoms with Gasteiger partial charge in [-0.05, 0) is 25.1 Å². The second kappa shape index (κ2) is 7.84. The predicted octanol–water partition coefficient (Wildman–Crippen LogP) is 5.28. The highest BCUT2D eigenvalue weighted by molar-refractivity contribution is 7.99. The van der Waals surface area contributed by atoms with Crippen LogP contribution in [0.1, 0.15) is 5.76 Å². The first-order chi connectivity index (χ1) is 15.1. The molecule has 0 aliphatic heterocycles. The van der Waals surface area contributed by atoms with Crippen LogP contribution >= 0.6 is 11.8 Å². The zero-order chi connectivity index (χ0) is 21.4. The lowest BCUT2D eigenvalue weighted by Crippen LogP contribution is -2.14. The smallest absolute Gasteiger partial charge is 0.277 e. The van der Waals surface area contributed by atoms with E-state index in [1.807, 2.05) is 37.3 Å². The molecule has 0 unspecified atom stereocenters. The number of methoxy groups -OCH3 is 1. The van der Waals surface area contributed by atoms with Gasteiger partial charge in [-0.1, -0.05) is 30.0 Å². The molecule has 0 aliphatic rings. The molecule has 0 atom stereocenters. The molecule has 3 aromatic heterocycles. The van der Waals surface area contributed by atoms with E-state index >= 15 is 0 Å². The topological polar surface area (TPSA) is 104 Å². The molecule has 0 fully saturated rings. The van der Waals surface area contributed by atoms with E-state index in [0.717, 1.165) is 33.7 Å². The van der Waals surface area contributed by atoms with Crippen LogP contribution in [0.2, 0.25) is 0 Å². The van der Waals surface area contributed by atoms with Crippen molar-refractivity contribution in [3.8, 4) is 17.2 Å². The average Bonchev–Trinajstić information content (AvgIpc) is 3.49. The highest BCUT2D eigenvalue weighted by Gasteiger charge is 2.17. The number of carbonyl (C=O) groups is 1. The van der Waals surface area contributed by atoms with Crippen molar-refractivity contribution >= 4 is 45.3 Å². The zero-order valence-electron chi connectivity index (χ0n) is 16.7. The molecule has 0 radical (unpaired) electrons. The summed E-state index contributed by atoms with van der Waals surface area (Å²) < 4.78 is 22.2. The third-order valence-electron chi connectivity index (χ3n) is 4.80. The Morgan fingerprint density at radius 1 is 1.10 bits per heavy atom. The van der Waals surface area contributed by atoms with Crippen LogP contribution in [-0.2, 0) is 4.79 Å². The number of hydrogen-bond donors (Lipinski definition) is 1. The molecule has 5 aromatic rings. The van der Waals surface area contributed by atoms with Gasteiger partial charge >= 0.3 is 0 Å². The maximum atomic E-state index is 12.5. The Hall–Kier alpha value is -3.72. The van der Waals surface area contributed by atoms with Crippen molar-refractivity contribution in [2.45, 2.75) is 12.1 Å². The number of hydrogen-bond acceptors (Lipinski definition) is 8. The van der Waals surface area contributed by atoms with E-state index in [0.29, 0.717) is 33.9 Å². The molecule has 1 amide bonds. The minimum atomic E-state index is -0.238. The molecule has 8 nitrogen and oxygen atoms in total. The van der Waals surface area contributed by atoms with E-state index in [4.69, 9.17) is 18.0 Å². The molecule has 0 saturated heterocycles. The van der Waals surface area contributed by atoms with Crippen LogP contribution in [0.4, 0.5) is 5.69 Å². The third-order valence-corrected chi connectivity index (χ3v) is 5.61. The van der Waals surface area contributed by atoms with E-state index in [2.05, 4.69) is 15.5 Å².